The highest BCUT2D eigenvalue weighted by Crippen LogP contribution is 2.24. The lowest BCUT2D eigenvalue weighted by Gasteiger charge is -2.19. The van der Waals surface area contributed by atoms with Crippen molar-refractivity contribution in [2.75, 3.05) is 6.54 Å². The maximum atomic E-state index is 5.39. The Hall–Kier alpha value is -2.27. The van der Waals surface area contributed by atoms with Crippen molar-refractivity contribution in [3.05, 3.63) is 42.2 Å². The van der Waals surface area contributed by atoms with Crippen molar-refractivity contribution in [2.45, 2.75) is 25.3 Å². The number of fused-ring (bicyclic) bond motifs is 1. The number of aromatic nitrogens is 3. The Bertz CT molecular complexity index is 762. The highest BCUT2D eigenvalue weighted by atomic mass is 16.5. The molecule has 4 rings (SSSR count). The number of benzene rings is 1. The maximum Gasteiger partial charge on any atom is 0.276 e. The molecule has 0 radical (unpaired) electrons. The SMILES string of the molecule is c1ccc2nc(-c3nc(C4CCCCN4)no3)ccc2c1. The number of pyridine rings is 1. The molecule has 21 heavy (non-hydrogen) atoms. The second kappa shape index (κ2) is 5.26. The molecule has 3 heterocycles. The molecule has 106 valence electrons. The molecule has 1 aliphatic rings. The van der Waals surface area contributed by atoms with Gasteiger partial charge in [-0.15, -0.1) is 0 Å². The van der Waals surface area contributed by atoms with E-state index in [0.29, 0.717) is 5.89 Å². The summed E-state index contributed by atoms with van der Waals surface area (Å²) < 4.78 is 5.39. The summed E-state index contributed by atoms with van der Waals surface area (Å²) in [7, 11) is 0. The number of hydrogen-bond acceptors (Lipinski definition) is 5. The van der Waals surface area contributed by atoms with Gasteiger partial charge in [-0.05, 0) is 31.5 Å². The van der Waals surface area contributed by atoms with Crippen LogP contribution in [-0.4, -0.2) is 21.7 Å². The van der Waals surface area contributed by atoms with Crippen LogP contribution in [-0.2, 0) is 0 Å². The van der Waals surface area contributed by atoms with Crippen molar-refractivity contribution >= 4 is 10.9 Å². The number of nitrogens with one attached hydrogen (secondary N) is 1. The van der Waals surface area contributed by atoms with Gasteiger partial charge >= 0.3 is 0 Å². The molecule has 5 heteroatoms. The van der Waals surface area contributed by atoms with Gasteiger partial charge in [-0.3, -0.25) is 0 Å². The van der Waals surface area contributed by atoms with E-state index < -0.39 is 0 Å². The van der Waals surface area contributed by atoms with Crippen LogP contribution in [0, 0.1) is 0 Å². The first-order chi connectivity index (χ1) is 10.4. The monoisotopic (exact) mass is 280 g/mol. The van der Waals surface area contributed by atoms with Gasteiger partial charge in [-0.2, -0.15) is 4.98 Å². The van der Waals surface area contributed by atoms with Gasteiger partial charge in [0.05, 0.1) is 11.6 Å². The lowest BCUT2D eigenvalue weighted by molar-refractivity contribution is 0.366. The fourth-order valence-electron chi connectivity index (χ4n) is 2.74. The summed E-state index contributed by atoms with van der Waals surface area (Å²) in [5.41, 5.74) is 1.66. The topological polar surface area (TPSA) is 63.8 Å². The van der Waals surface area contributed by atoms with Gasteiger partial charge in [0.15, 0.2) is 5.82 Å². The molecule has 5 nitrogen and oxygen atoms in total. The minimum Gasteiger partial charge on any atom is -0.332 e. The summed E-state index contributed by atoms with van der Waals surface area (Å²) in [6, 6.07) is 12.2. The molecule has 1 unspecified atom stereocenters. The van der Waals surface area contributed by atoms with Crippen LogP contribution in [0.5, 0.6) is 0 Å². The van der Waals surface area contributed by atoms with Crippen molar-refractivity contribution < 1.29 is 4.52 Å². The van der Waals surface area contributed by atoms with E-state index in [1.165, 1.54) is 12.8 Å². The zero-order chi connectivity index (χ0) is 14.1. The second-order valence-electron chi connectivity index (χ2n) is 5.35. The third-order valence-corrected chi connectivity index (χ3v) is 3.88. The first-order valence-corrected chi connectivity index (χ1v) is 7.33. The quantitative estimate of drug-likeness (QED) is 0.781. The average Bonchev–Trinajstić information content (AvgIpc) is 3.05. The van der Waals surface area contributed by atoms with Gasteiger partial charge in [0.25, 0.3) is 5.89 Å². The smallest absolute Gasteiger partial charge is 0.276 e. The predicted octanol–water partition coefficient (Wildman–Crippen LogP) is 3.10. The molecule has 0 bridgehead atoms. The molecule has 1 fully saturated rings. The maximum absolute atomic E-state index is 5.39. The zero-order valence-electron chi connectivity index (χ0n) is 11.6. The first-order valence-electron chi connectivity index (χ1n) is 7.33. The Morgan fingerprint density at radius 1 is 1.05 bits per heavy atom. The van der Waals surface area contributed by atoms with E-state index in [4.69, 9.17) is 4.52 Å². The molecule has 1 aromatic carbocycles. The molecular formula is C16H16N4O. The van der Waals surface area contributed by atoms with E-state index >= 15 is 0 Å². The van der Waals surface area contributed by atoms with E-state index in [1.807, 2.05) is 36.4 Å². The largest absolute Gasteiger partial charge is 0.332 e. The summed E-state index contributed by atoms with van der Waals surface area (Å²) in [5, 5.41) is 8.64. The highest BCUT2D eigenvalue weighted by Gasteiger charge is 2.21. The van der Waals surface area contributed by atoms with Crippen LogP contribution in [0.25, 0.3) is 22.5 Å². The van der Waals surface area contributed by atoms with Crippen molar-refractivity contribution in [3.8, 4) is 11.6 Å². The van der Waals surface area contributed by atoms with Crippen LogP contribution in [0.4, 0.5) is 0 Å². The number of piperidine rings is 1. The third kappa shape index (κ3) is 2.40. The van der Waals surface area contributed by atoms with Crippen LogP contribution in [0.1, 0.15) is 31.1 Å². The Kier molecular flexibility index (Phi) is 3.12. The van der Waals surface area contributed by atoms with E-state index in [-0.39, 0.29) is 6.04 Å². The summed E-state index contributed by atoms with van der Waals surface area (Å²) >= 11 is 0. The molecule has 3 aromatic rings. The predicted molar refractivity (Wildman–Crippen MR) is 79.6 cm³/mol. The number of para-hydroxylation sites is 1. The summed E-state index contributed by atoms with van der Waals surface area (Å²) in [6.07, 6.45) is 3.48. The van der Waals surface area contributed by atoms with E-state index in [0.717, 1.165) is 35.4 Å². The van der Waals surface area contributed by atoms with Gasteiger partial charge in [0.2, 0.25) is 0 Å². The van der Waals surface area contributed by atoms with Crippen molar-refractivity contribution in [1.29, 1.82) is 0 Å². The first kappa shape index (κ1) is 12.5. The molecule has 0 aliphatic carbocycles. The lowest BCUT2D eigenvalue weighted by atomic mass is 10.0. The standard InChI is InChI=1S/C16H16N4O/c1-2-6-12-11(5-1)8-9-14(18-12)16-19-15(20-21-16)13-7-3-4-10-17-13/h1-2,5-6,8-9,13,17H,3-4,7,10H2. The summed E-state index contributed by atoms with van der Waals surface area (Å²) in [4.78, 5) is 9.10. The molecule has 1 aliphatic heterocycles. The molecule has 0 amide bonds. The second-order valence-corrected chi connectivity index (χ2v) is 5.35. The average molecular weight is 280 g/mol. The fourth-order valence-corrected chi connectivity index (χ4v) is 2.74. The van der Waals surface area contributed by atoms with Crippen LogP contribution in [0.15, 0.2) is 40.9 Å². The minimum atomic E-state index is 0.205. The number of rotatable bonds is 2. The summed E-state index contributed by atoms with van der Waals surface area (Å²) in [5.74, 6) is 1.22. The molecule has 0 spiro atoms. The Labute approximate surface area is 122 Å². The number of nitrogens with zero attached hydrogens (tertiary/aromatic N) is 3. The lowest BCUT2D eigenvalue weighted by Crippen LogP contribution is -2.27. The fraction of sp³-hybridized carbons (Fsp3) is 0.312. The van der Waals surface area contributed by atoms with Crippen molar-refractivity contribution in [1.82, 2.24) is 20.4 Å². The summed E-state index contributed by atoms with van der Waals surface area (Å²) in [6.45, 7) is 1.02. The van der Waals surface area contributed by atoms with Gasteiger partial charge < -0.3 is 9.84 Å². The van der Waals surface area contributed by atoms with E-state index in [2.05, 4.69) is 20.4 Å². The molecule has 0 saturated carbocycles. The molecule has 2 aromatic heterocycles. The minimum absolute atomic E-state index is 0.205. The molecule has 1 saturated heterocycles. The Morgan fingerprint density at radius 3 is 2.90 bits per heavy atom. The van der Waals surface area contributed by atoms with Gasteiger partial charge in [0, 0.05) is 5.39 Å². The van der Waals surface area contributed by atoms with Crippen LogP contribution in [0.3, 0.4) is 0 Å². The van der Waals surface area contributed by atoms with Crippen LogP contribution >= 0.6 is 0 Å². The Morgan fingerprint density at radius 2 is 2.00 bits per heavy atom. The van der Waals surface area contributed by atoms with Gasteiger partial charge in [-0.25, -0.2) is 4.98 Å². The van der Waals surface area contributed by atoms with Gasteiger partial charge in [0.1, 0.15) is 5.69 Å². The normalized spacial score (nSPS) is 19.0. The zero-order valence-corrected chi connectivity index (χ0v) is 11.6. The molecular weight excluding hydrogens is 264 g/mol. The molecule has 1 atom stereocenters. The number of hydrogen-bond donors (Lipinski definition) is 1. The van der Waals surface area contributed by atoms with Crippen LogP contribution in [0.2, 0.25) is 0 Å². The van der Waals surface area contributed by atoms with Crippen molar-refractivity contribution in [2.24, 2.45) is 0 Å². The van der Waals surface area contributed by atoms with Gasteiger partial charge in [-0.1, -0.05) is 35.8 Å². The van der Waals surface area contributed by atoms with E-state index in [1.54, 1.807) is 0 Å². The Balaban J connectivity index is 1.67. The third-order valence-electron chi connectivity index (χ3n) is 3.88. The van der Waals surface area contributed by atoms with Crippen molar-refractivity contribution in [3.63, 3.8) is 0 Å². The van der Waals surface area contributed by atoms with Crippen LogP contribution < -0.4 is 5.32 Å². The van der Waals surface area contributed by atoms with E-state index in [9.17, 15) is 0 Å². The molecule has 1 N–H and O–H groups in total. The highest BCUT2D eigenvalue weighted by molar-refractivity contribution is 5.80.